The minimum Gasteiger partial charge on any atom is -0.484 e. The molecule has 1 saturated heterocycles. The van der Waals surface area contributed by atoms with Gasteiger partial charge in [0.05, 0.1) is 0 Å². The quantitative estimate of drug-likeness (QED) is 0.806. The SMILES string of the molecule is CC(N)C1CCCN(C(=O)COc2ccc(I)cc2)C1. The fraction of sp³-hybridized carbons (Fsp3) is 0.533. The molecular weight excluding hydrogens is 367 g/mol. The van der Waals surface area contributed by atoms with Crippen LogP contribution in [0, 0.1) is 9.49 Å². The van der Waals surface area contributed by atoms with E-state index in [0.717, 1.165) is 35.3 Å². The van der Waals surface area contributed by atoms with Crippen LogP contribution in [0.4, 0.5) is 0 Å². The van der Waals surface area contributed by atoms with Crippen LogP contribution in [0.3, 0.4) is 0 Å². The van der Waals surface area contributed by atoms with Gasteiger partial charge in [0.1, 0.15) is 5.75 Å². The first-order chi connectivity index (χ1) is 9.56. The lowest BCUT2D eigenvalue weighted by Gasteiger charge is -2.34. The zero-order valence-corrected chi connectivity index (χ0v) is 13.9. The van der Waals surface area contributed by atoms with Gasteiger partial charge in [-0.25, -0.2) is 0 Å². The van der Waals surface area contributed by atoms with E-state index in [2.05, 4.69) is 22.6 Å². The van der Waals surface area contributed by atoms with Crippen molar-refractivity contribution < 1.29 is 9.53 Å². The summed E-state index contributed by atoms with van der Waals surface area (Å²) < 4.78 is 6.70. The summed E-state index contributed by atoms with van der Waals surface area (Å²) in [4.78, 5) is 14.0. The van der Waals surface area contributed by atoms with E-state index in [9.17, 15) is 4.79 Å². The third-order valence-corrected chi connectivity index (χ3v) is 4.45. The molecule has 2 atom stereocenters. The standard InChI is InChI=1S/C15H21IN2O2/c1-11(17)12-3-2-8-18(9-12)15(19)10-20-14-6-4-13(16)5-7-14/h4-7,11-12H,2-3,8-10,17H2,1H3. The molecule has 20 heavy (non-hydrogen) atoms. The van der Waals surface area contributed by atoms with Crippen LogP contribution in [0.25, 0.3) is 0 Å². The van der Waals surface area contributed by atoms with Crippen molar-refractivity contribution in [3.8, 4) is 5.75 Å². The van der Waals surface area contributed by atoms with Crippen LogP contribution in [0.15, 0.2) is 24.3 Å². The highest BCUT2D eigenvalue weighted by Gasteiger charge is 2.25. The van der Waals surface area contributed by atoms with Gasteiger partial charge in [0.25, 0.3) is 5.91 Å². The second-order valence-electron chi connectivity index (χ2n) is 5.34. The Labute approximate surface area is 133 Å². The third-order valence-electron chi connectivity index (χ3n) is 3.73. The normalized spacial score (nSPS) is 20.6. The van der Waals surface area contributed by atoms with Crippen molar-refractivity contribution in [1.82, 2.24) is 4.90 Å². The number of halogens is 1. The average molecular weight is 388 g/mol. The van der Waals surface area contributed by atoms with E-state index in [4.69, 9.17) is 10.5 Å². The van der Waals surface area contributed by atoms with Gasteiger partial charge in [-0.2, -0.15) is 0 Å². The highest BCUT2D eigenvalue weighted by Crippen LogP contribution is 2.19. The predicted octanol–water partition coefficient (Wildman–Crippen LogP) is 2.26. The molecule has 4 nitrogen and oxygen atoms in total. The van der Waals surface area contributed by atoms with Crippen LogP contribution in [-0.2, 0) is 4.79 Å². The number of nitrogens with zero attached hydrogens (tertiary/aromatic N) is 1. The molecule has 0 saturated carbocycles. The third kappa shape index (κ3) is 4.34. The van der Waals surface area contributed by atoms with Crippen LogP contribution >= 0.6 is 22.6 Å². The first-order valence-corrected chi connectivity index (χ1v) is 8.06. The number of ether oxygens (including phenoxy) is 1. The summed E-state index contributed by atoms with van der Waals surface area (Å²) in [5, 5.41) is 0. The van der Waals surface area contributed by atoms with Crippen molar-refractivity contribution in [2.75, 3.05) is 19.7 Å². The summed E-state index contributed by atoms with van der Waals surface area (Å²) in [6, 6.07) is 7.84. The molecule has 0 aliphatic carbocycles. The van der Waals surface area contributed by atoms with Crippen molar-refractivity contribution in [3.63, 3.8) is 0 Å². The molecule has 1 aromatic rings. The Kier molecular flexibility index (Phi) is 5.65. The molecule has 1 fully saturated rings. The maximum Gasteiger partial charge on any atom is 0.260 e. The van der Waals surface area contributed by atoms with E-state index in [1.54, 1.807) is 0 Å². The summed E-state index contributed by atoms with van der Waals surface area (Å²) in [6.45, 7) is 3.69. The van der Waals surface area contributed by atoms with E-state index in [1.807, 2.05) is 36.1 Å². The first-order valence-electron chi connectivity index (χ1n) is 6.98. The lowest BCUT2D eigenvalue weighted by molar-refractivity contribution is -0.135. The first kappa shape index (κ1) is 15.6. The maximum absolute atomic E-state index is 12.2. The molecule has 1 heterocycles. The van der Waals surface area contributed by atoms with Gasteiger partial charge >= 0.3 is 0 Å². The molecule has 0 spiro atoms. The molecule has 0 radical (unpaired) electrons. The van der Waals surface area contributed by atoms with Gasteiger partial charge in [-0.1, -0.05) is 0 Å². The highest BCUT2D eigenvalue weighted by atomic mass is 127. The van der Waals surface area contributed by atoms with Crippen LogP contribution in [0.2, 0.25) is 0 Å². The van der Waals surface area contributed by atoms with Crippen molar-refractivity contribution in [2.24, 2.45) is 11.7 Å². The number of piperidine rings is 1. The second kappa shape index (κ2) is 7.26. The topological polar surface area (TPSA) is 55.6 Å². The van der Waals surface area contributed by atoms with Crippen LogP contribution in [0.5, 0.6) is 5.75 Å². The average Bonchev–Trinajstić information content (AvgIpc) is 2.46. The van der Waals surface area contributed by atoms with Gasteiger partial charge in [-0.3, -0.25) is 4.79 Å². The minimum absolute atomic E-state index is 0.0499. The Balaban J connectivity index is 1.83. The number of carbonyl (C=O) groups is 1. The maximum atomic E-state index is 12.2. The van der Waals surface area contributed by atoms with Crippen LogP contribution in [-0.4, -0.2) is 36.5 Å². The smallest absolute Gasteiger partial charge is 0.260 e. The molecule has 0 aromatic heterocycles. The van der Waals surface area contributed by atoms with Crippen LogP contribution in [0.1, 0.15) is 19.8 Å². The predicted molar refractivity (Wildman–Crippen MR) is 87.6 cm³/mol. The van der Waals surface area contributed by atoms with Crippen molar-refractivity contribution >= 4 is 28.5 Å². The summed E-state index contributed by atoms with van der Waals surface area (Å²) in [6.07, 6.45) is 2.14. The van der Waals surface area contributed by atoms with Gasteiger partial charge < -0.3 is 15.4 Å². The van der Waals surface area contributed by atoms with Gasteiger partial charge in [0.15, 0.2) is 6.61 Å². The summed E-state index contributed by atoms with van der Waals surface area (Å²) >= 11 is 2.24. The van der Waals surface area contributed by atoms with Crippen LogP contribution < -0.4 is 10.5 Å². The Bertz CT molecular complexity index is 448. The van der Waals surface area contributed by atoms with E-state index in [0.29, 0.717) is 5.92 Å². The van der Waals surface area contributed by atoms with Crippen molar-refractivity contribution in [2.45, 2.75) is 25.8 Å². The zero-order chi connectivity index (χ0) is 14.5. The summed E-state index contributed by atoms with van der Waals surface area (Å²) in [7, 11) is 0. The van der Waals surface area contributed by atoms with Crippen molar-refractivity contribution in [1.29, 1.82) is 0 Å². The molecule has 110 valence electrons. The van der Waals surface area contributed by atoms with Gasteiger partial charge in [0.2, 0.25) is 0 Å². The lowest BCUT2D eigenvalue weighted by Crippen LogP contribution is -2.46. The molecule has 2 rings (SSSR count). The fourth-order valence-electron chi connectivity index (χ4n) is 2.43. The molecule has 1 aliphatic rings. The monoisotopic (exact) mass is 388 g/mol. The van der Waals surface area contributed by atoms with E-state index >= 15 is 0 Å². The number of hydrogen-bond acceptors (Lipinski definition) is 3. The minimum atomic E-state index is 0.0499. The van der Waals surface area contributed by atoms with Gasteiger partial charge in [-0.05, 0) is 72.5 Å². The molecule has 1 amide bonds. The number of hydrogen-bond donors (Lipinski definition) is 1. The van der Waals surface area contributed by atoms with E-state index in [-0.39, 0.29) is 18.6 Å². The van der Waals surface area contributed by atoms with Crippen molar-refractivity contribution in [3.05, 3.63) is 27.8 Å². The Hall–Kier alpha value is -0.820. The Morgan fingerprint density at radius 3 is 2.85 bits per heavy atom. The number of amides is 1. The second-order valence-corrected chi connectivity index (χ2v) is 6.59. The summed E-state index contributed by atoms with van der Waals surface area (Å²) in [5.41, 5.74) is 5.94. The molecule has 2 N–H and O–H groups in total. The number of likely N-dealkylation sites (tertiary alicyclic amines) is 1. The van der Waals surface area contributed by atoms with E-state index < -0.39 is 0 Å². The Morgan fingerprint density at radius 1 is 1.50 bits per heavy atom. The van der Waals surface area contributed by atoms with E-state index in [1.165, 1.54) is 0 Å². The molecule has 1 aliphatic heterocycles. The van der Waals surface area contributed by atoms with Gasteiger partial charge in [-0.15, -0.1) is 0 Å². The number of nitrogens with two attached hydrogens (primary N) is 1. The molecule has 1 aromatic carbocycles. The zero-order valence-electron chi connectivity index (χ0n) is 11.7. The lowest BCUT2D eigenvalue weighted by atomic mass is 9.92. The Morgan fingerprint density at radius 2 is 2.20 bits per heavy atom. The largest absolute Gasteiger partial charge is 0.484 e. The molecule has 2 unspecified atom stereocenters. The van der Waals surface area contributed by atoms with Gasteiger partial charge in [0, 0.05) is 22.7 Å². The molecule has 0 bridgehead atoms. The highest BCUT2D eigenvalue weighted by molar-refractivity contribution is 14.1. The number of rotatable bonds is 4. The summed E-state index contributed by atoms with van der Waals surface area (Å²) in [5.74, 6) is 1.19. The number of benzene rings is 1. The molecular formula is C15H21IN2O2. The molecule has 5 heteroatoms. The number of carbonyl (C=O) groups excluding carboxylic acids is 1. The fourth-order valence-corrected chi connectivity index (χ4v) is 2.79.